The van der Waals surface area contributed by atoms with Crippen LogP contribution in [-0.4, -0.2) is 27.2 Å². The van der Waals surface area contributed by atoms with Gasteiger partial charge in [-0.15, -0.1) is 0 Å². The molecule has 0 saturated heterocycles. The number of carbonyl (C=O) groups is 1. The zero-order chi connectivity index (χ0) is 22.5. The second-order valence-corrected chi connectivity index (χ2v) is 7.81. The minimum Gasteiger partial charge on any atom is -0.361 e. The number of nitrogens with one attached hydrogen (secondary N) is 2. The van der Waals surface area contributed by atoms with Crippen molar-refractivity contribution in [2.75, 3.05) is 6.54 Å². The molecule has 33 heavy (non-hydrogen) atoms. The summed E-state index contributed by atoms with van der Waals surface area (Å²) in [4.78, 5) is 15.8. The van der Waals surface area contributed by atoms with Gasteiger partial charge in [0.25, 0.3) is 0 Å². The van der Waals surface area contributed by atoms with Crippen molar-refractivity contribution in [2.45, 2.75) is 6.42 Å². The molecule has 0 atom stereocenters. The molecule has 0 unspecified atom stereocenters. The highest BCUT2D eigenvalue weighted by molar-refractivity contribution is 5.93. The van der Waals surface area contributed by atoms with Crippen LogP contribution in [0.2, 0.25) is 0 Å². The van der Waals surface area contributed by atoms with Crippen LogP contribution >= 0.6 is 0 Å². The summed E-state index contributed by atoms with van der Waals surface area (Å²) in [6.45, 7) is 0.569. The molecule has 0 saturated carbocycles. The molecule has 2 aromatic heterocycles. The monoisotopic (exact) mass is 432 g/mol. The van der Waals surface area contributed by atoms with Crippen LogP contribution in [-0.2, 0) is 11.2 Å². The molecule has 0 aliphatic carbocycles. The van der Waals surface area contributed by atoms with Crippen molar-refractivity contribution >= 4 is 22.9 Å². The van der Waals surface area contributed by atoms with Gasteiger partial charge in [-0.3, -0.25) is 4.79 Å². The Morgan fingerprint density at radius 2 is 1.67 bits per heavy atom. The summed E-state index contributed by atoms with van der Waals surface area (Å²) in [5.41, 5.74) is 6.01. The van der Waals surface area contributed by atoms with E-state index in [0.29, 0.717) is 6.54 Å². The zero-order valence-electron chi connectivity index (χ0n) is 18.1. The van der Waals surface area contributed by atoms with Crippen LogP contribution in [0.3, 0.4) is 0 Å². The summed E-state index contributed by atoms with van der Waals surface area (Å²) >= 11 is 0. The number of para-hydroxylation sites is 2. The summed E-state index contributed by atoms with van der Waals surface area (Å²) in [5, 5.41) is 8.97. The van der Waals surface area contributed by atoms with E-state index in [1.54, 1.807) is 6.08 Å². The van der Waals surface area contributed by atoms with Gasteiger partial charge in [-0.25, -0.2) is 4.68 Å². The lowest BCUT2D eigenvalue weighted by Crippen LogP contribution is -2.23. The van der Waals surface area contributed by atoms with Crippen LogP contribution in [0.5, 0.6) is 0 Å². The summed E-state index contributed by atoms with van der Waals surface area (Å²) in [6.07, 6.45) is 8.14. The third-order valence-corrected chi connectivity index (χ3v) is 5.59. The first-order valence-electron chi connectivity index (χ1n) is 11.0. The van der Waals surface area contributed by atoms with E-state index in [-0.39, 0.29) is 5.91 Å². The maximum absolute atomic E-state index is 12.5. The molecular formula is C28H24N4O. The lowest BCUT2D eigenvalue weighted by Gasteiger charge is -2.02. The molecular weight excluding hydrogens is 408 g/mol. The highest BCUT2D eigenvalue weighted by Crippen LogP contribution is 2.24. The van der Waals surface area contributed by atoms with E-state index in [0.717, 1.165) is 34.4 Å². The van der Waals surface area contributed by atoms with Gasteiger partial charge in [0.15, 0.2) is 0 Å². The number of amides is 1. The number of aromatic nitrogens is 3. The molecule has 0 aliphatic rings. The molecule has 5 aromatic rings. The lowest BCUT2D eigenvalue weighted by molar-refractivity contribution is -0.116. The maximum Gasteiger partial charge on any atom is 0.244 e. The fourth-order valence-electron chi connectivity index (χ4n) is 3.93. The van der Waals surface area contributed by atoms with E-state index in [2.05, 4.69) is 22.4 Å². The number of H-pyrrole nitrogens is 1. The number of hydrogen-bond acceptors (Lipinski definition) is 2. The van der Waals surface area contributed by atoms with Gasteiger partial charge in [0.2, 0.25) is 5.91 Å². The van der Waals surface area contributed by atoms with Crippen LogP contribution in [0.1, 0.15) is 11.1 Å². The average Bonchev–Trinajstić information content (AvgIpc) is 3.49. The SMILES string of the molecule is O=C(/C=C/c1cn(-c2ccccc2)nc1-c1ccccc1)NCCc1c[nH]c2ccccc12. The Morgan fingerprint density at radius 1 is 0.939 bits per heavy atom. The summed E-state index contributed by atoms with van der Waals surface area (Å²) in [5.74, 6) is -0.124. The smallest absolute Gasteiger partial charge is 0.244 e. The van der Waals surface area contributed by atoms with Crippen molar-refractivity contribution in [2.24, 2.45) is 0 Å². The molecule has 1 amide bonds. The van der Waals surface area contributed by atoms with Crippen LogP contribution in [0.4, 0.5) is 0 Å². The standard InChI is InChI=1S/C28H24N4O/c33-27(29-18-17-22-19-30-26-14-8-7-13-25(22)26)16-15-23-20-32(24-11-5-2-6-12-24)31-28(23)21-9-3-1-4-10-21/h1-16,19-20,30H,17-18H2,(H,29,33)/b16-15+. The van der Waals surface area contributed by atoms with Crippen LogP contribution in [0.15, 0.2) is 103 Å². The fourth-order valence-corrected chi connectivity index (χ4v) is 3.93. The van der Waals surface area contributed by atoms with Gasteiger partial charge in [0, 0.05) is 47.0 Å². The predicted octanol–water partition coefficient (Wildman–Crippen LogP) is 5.39. The second kappa shape index (κ2) is 9.40. The topological polar surface area (TPSA) is 62.7 Å². The van der Waals surface area contributed by atoms with Gasteiger partial charge in [-0.2, -0.15) is 5.10 Å². The molecule has 0 aliphatic heterocycles. The van der Waals surface area contributed by atoms with Gasteiger partial charge in [-0.05, 0) is 36.3 Å². The number of carbonyl (C=O) groups excluding carboxylic acids is 1. The van der Waals surface area contributed by atoms with Crippen molar-refractivity contribution in [3.05, 3.63) is 115 Å². The predicted molar refractivity (Wildman–Crippen MR) is 133 cm³/mol. The minimum atomic E-state index is -0.124. The van der Waals surface area contributed by atoms with E-state index in [1.807, 2.05) is 95.9 Å². The first-order valence-corrected chi connectivity index (χ1v) is 11.0. The Labute approximate surface area is 192 Å². The Hall–Kier alpha value is -4.38. The fraction of sp³-hybridized carbons (Fsp3) is 0.0714. The summed E-state index contributed by atoms with van der Waals surface area (Å²) < 4.78 is 1.84. The number of rotatable bonds is 7. The molecule has 2 heterocycles. The van der Waals surface area contributed by atoms with E-state index >= 15 is 0 Å². The van der Waals surface area contributed by atoms with Crippen molar-refractivity contribution < 1.29 is 4.79 Å². The molecule has 5 rings (SSSR count). The van der Waals surface area contributed by atoms with Gasteiger partial charge in [-0.1, -0.05) is 66.7 Å². The quantitative estimate of drug-likeness (QED) is 0.339. The normalized spacial score (nSPS) is 11.3. The van der Waals surface area contributed by atoms with E-state index in [1.165, 1.54) is 10.9 Å². The Balaban J connectivity index is 1.30. The highest BCUT2D eigenvalue weighted by Gasteiger charge is 2.11. The maximum atomic E-state index is 12.5. The van der Waals surface area contributed by atoms with E-state index < -0.39 is 0 Å². The molecule has 3 aromatic carbocycles. The minimum absolute atomic E-state index is 0.124. The van der Waals surface area contributed by atoms with E-state index in [4.69, 9.17) is 5.10 Å². The molecule has 162 valence electrons. The number of aromatic amines is 1. The molecule has 0 bridgehead atoms. The third-order valence-electron chi connectivity index (χ3n) is 5.59. The van der Waals surface area contributed by atoms with Crippen molar-refractivity contribution in [1.82, 2.24) is 20.1 Å². The Bertz CT molecular complexity index is 1400. The van der Waals surface area contributed by atoms with Gasteiger partial charge in [0.1, 0.15) is 0 Å². The van der Waals surface area contributed by atoms with Crippen LogP contribution < -0.4 is 5.32 Å². The van der Waals surface area contributed by atoms with Crippen LogP contribution in [0, 0.1) is 0 Å². The summed E-state index contributed by atoms with van der Waals surface area (Å²) in [7, 11) is 0. The molecule has 0 spiro atoms. The Kier molecular flexibility index (Phi) is 5.85. The first-order chi connectivity index (χ1) is 16.3. The molecule has 5 heteroatoms. The van der Waals surface area contributed by atoms with Crippen molar-refractivity contribution in [3.63, 3.8) is 0 Å². The molecule has 0 radical (unpaired) electrons. The first kappa shape index (κ1) is 20.5. The highest BCUT2D eigenvalue weighted by atomic mass is 16.1. The van der Waals surface area contributed by atoms with Gasteiger partial charge < -0.3 is 10.3 Å². The zero-order valence-corrected chi connectivity index (χ0v) is 18.1. The number of fused-ring (bicyclic) bond motifs is 1. The van der Waals surface area contributed by atoms with Crippen molar-refractivity contribution in [3.8, 4) is 16.9 Å². The van der Waals surface area contributed by atoms with Crippen LogP contribution in [0.25, 0.3) is 33.9 Å². The van der Waals surface area contributed by atoms with Gasteiger partial charge >= 0.3 is 0 Å². The van der Waals surface area contributed by atoms with E-state index in [9.17, 15) is 4.79 Å². The molecule has 2 N–H and O–H groups in total. The third kappa shape index (κ3) is 4.62. The molecule has 0 fully saturated rings. The Morgan fingerprint density at radius 3 is 2.48 bits per heavy atom. The average molecular weight is 433 g/mol. The molecule has 5 nitrogen and oxygen atoms in total. The summed E-state index contributed by atoms with van der Waals surface area (Å²) in [6, 6.07) is 28.2. The van der Waals surface area contributed by atoms with Crippen molar-refractivity contribution in [1.29, 1.82) is 0 Å². The number of nitrogens with zero attached hydrogens (tertiary/aromatic N) is 2. The largest absolute Gasteiger partial charge is 0.361 e. The second-order valence-electron chi connectivity index (χ2n) is 7.81. The van der Waals surface area contributed by atoms with Gasteiger partial charge in [0.05, 0.1) is 11.4 Å². The lowest BCUT2D eigenvalue weighted by atomic mass is 10.1. The number of hydrogen-bond donors (Lipinski definition) is 2. The number of benzene rings is 3.